The Bertz CT molecular complexity index is 724. The van der Waals surface area contributed by atoms with Crippen LogP contribution >= 0.6 is 15.9 Å². The molecule has 0 radical (unpaired) electrons. The van der Waals surface area contributed by atoms with Crippen molar-refractivity contribution in [2.45, 2.75) is 12.5 Å². The molecule has 5 nitrogen and oxygen atoms in total. The molecule has 1 heterocycles. The van der Waals surface area contributed by atoms with E-state index in [-0.39, 0.29) is 45.2 Å². The largest absolute Gasteiger partial charge is 0.508 e. The Morgan fingerprint density at radius 2 is 1.76 bits per heavy atom. The number of fused-ring (bicyclic) bond motifs is 1. The topological polar surface area (TPSA) is 87.0 Å². The molecule has 0 fully saturated rings. The lowest BCUT2D eigenvalue weighted by molar-refractivity contribution is 0.0843. The zero-order chi connectivity index (χ0) is 15.1. The third kappa shape index (κ3) is 2.31. The van der Waals surface area contributed by atoms with Gasteiger partial charge in [0.05, 0.1) is 6.42 Å². The molecular weight excluding hydrogens is 340 g/mol. The fourth-order valence-corrected chi connectivity index (χ4v) is 2.72. The van der Waals surface area contributed by atoms with E-state index in [0.717, 1.165) is 11.6 Å². The van der Waals surface area contributed by atoms with Crippen molar-refractivity contribution in [3.05, 3.63) is 45.9 Å². The summed E-state index contributed by atoms with van der Waals surface area (Å²) in [5.41, 5.74) is 0.788. The summed E-state index contributed by atoms with van der Waals surface area (Å²) in [7, 11) is 0. The highest BCUT2D eigenvalue weighted by Gasteiger charge is 2.33. The van der Waals surface area contributed by atoms with Gasteiger partial charge in [0.15, 0.2) is 11.5 Å². The van der Waals surface area contributed by atoms with Crippen LogP contribution in [0, 0.1) is 0 Å². The second-order valence-corrected chi connectivity index (χ2v) is 5.55. The molecule has 0 saturated carbocycles. The molecule has 2 aromatic carbocycles. The van der Waals surface area contributed by atoms with E-state index in [1.807, 2.05) is 0 Å². The highest BCUT2D eigenvalue weighted by Crippen LogP contribution is 2.47. The predicted octanol–water partition coefficient (Wildman–Crippen LogP) is 3.27. The Balaban J connectivity index is 2.06. The molecule has 0 saturated heterocycles. The van der Waals surface area contributed by atoms with Crippen LogP contribution in [-0.4, -0.2) is 21.1 Å². The number of halogens is 1. The zero-order valence-corrected chi connectivity index (χ0v) is 12.3. The monoisotopic (exact) mass is 350 g/mol. The lowest BCUT2D eigenvalue weighted by Gasteiger charge is -2.27. The fraction of sp³-hybridized carbons (Fsp3) is 0.133. The van der Waals surface area contributed by atoms with Crippen molar-refractivity contribution in [3.8, 4) is 23.0 Å². The van der Waals surface area contributed by atoms with Crippen LogP contribution < -0.4 is 4.74 Å². The number of ether oxygens (including phenoxy) is 1. The van der Waals surface area contributed by atoms with E-state index in [9.17, 15) is 20.1 Å². The minimum Gasteiger partial charge on any atom is -0.508 e. The molecular formula is C15H11BrO5. The molecule has 0 aromatic heterocycles. The van der Waals surface area contributed by atoms with Crippen molar-refractivity contribution >= 4 is 21.7 Å². The molecule has 108 valence electrons. The molecule has 0 amide bonds. The molecule has 6 heteroatoms. The molecule has 1 aliphatic rings. The van der Waals surface area contributed by atoms with E-state index in [0.29, 0.717) is 0 Å². The number of phenolic OH excluding ortho intramolecular Hbond substituents is 3. The minimum absolute atomic E-state index is 0.0645. The van der Waals surface area contributed by atoms with Crippen molar-refractivity contribution in [1.82, 2.24) is 0 Å². The molecule has 3 N–H and O–H groups in total. The van der Waals surface area contributed by atoms with Crippen LogP contribution in [0.25, 0.3) is 0 Å². The van der Waals surface area contributed by atoms with Gasteiger partial charge in [-0.3, -0.25) is 4.79 Å². The number of carbonyl (C=O) groups is 1. The second-order valence-electron chi connectivity index (χ2n) is 4.76. The number of benzene rings is 2. The second kappa shape index (κ2) is 4.96. The van der Waals surface area contributed by atoms with E-state index < -0.39 is 6.10 Å². The van der Waals surface area contributed by atoms with Gasteiger partial charge in [0, 0.05) is 6.07 Å². The molecule has 21 heavy (non-hydrogen) atoms. The van der Waals surface area contributed by atoms with Crippen molar-refractivity contribution in [2.24, 2.45) is 0 Å². The average molecular weight is 351 g/mol. The Labute approximate surface area is 128 Å². The summed E-state index contributed by atoms with van der Waals surface area (Å²) in [5, 5.41) is 28.8. The summed E-state index contributed by atoms with van der Waals surface area (Å²) in [4.78, 5) is 12.2. The molecule has 0 spiro atoms. The van der Waals surface area contributed by atoms with E-state index >= 15 is 0 Å². The normalized spacial score (nSPS) is 17.2. The van der Waals surface area contributed by atoms with Crippen LogP contribution in [-0.2, 0) is 0 Å². The number of rotatable bonds is 1. The number of Topliss-reactive ketones (excluding diaryl/α,β-unsaturated/α-hetero) is 1. The number of ketones is 1. The SMILES string of the molecule is O=C1C[C@@H](c2ccc(O)cc2)Oc2c(Br)c(O)cc(O)c21. The molecule has 3 rings (SSSR count). The summed E-state index contributed by atoms with van der Waals surface area (Å²) in [5.74, 6) is -0.530. The maximum absolute atomic E-state index is 12.2. The van der Waals surface area contributed by atoms with Gasteiger partial charge in [-0.05, 0) is 33.6 Å². The van der Waals surface area contributed by atoms with Crippen molar-refractivity contribution in [1.29, 1.82) is 0 Å². The fourth-order valence-electron chi connectivity index (χ4n) is 2.32. The maximum Gasteiger partial charge on any atom is 0.174 e. The third-order valence-electron chi connectivity index (χ3n) is 3.36. The van der Waals surface area contributed by atoms with Crippen molar-refractivity contribution in [3.63, 3.8) is 0 Å². The number of hydrogen-bond acceptors (Lipinski definition) is 5. The Morgan fingerprint density at radius 1 is 1.10 bits per heavy atom. The van der Waals surface area contributed by atoms with Gasteiger partial charge in [-0.25, -0.2) is 0 Å². The predicted molar refractivity (Wildman–Crippen MR) is 77.9 cm³/mol. The molecule has 0 bridgehead atoms. The van der Waals surface area contributed by atoms with Gasteiger partial charge >= 0.3 is 0 Å². The molecule has 1 aliphatic heterocycles. The summed E-state index contributed by atoms with van der Waals surface area (Å²) in [6, 6.07) is 7.44. The third-order valence-corrected chi connectivity index (χ3v) is 4.12. The quantitative estimate of drug-likeness (QED) is 0.734. The van der Waals surface area contributed by atoms with Crippen LogP contribution in [0.3, 0.4) is 0 Å². The summed E-state index contributed by atoms with van der Waals surface area (Å²) in [6.07, 6.45) is -0.467. The van der Waals surface area contributed by atoms with Crippen molar-refractivity contribution in [2.75, 3.05) is 0 Å². The zero-order valence-electron chi connectivity index (χ0n) is 10.7. The molecule has 0 unspecified atom stereocenters. The van der Waals surface area contributed by atoms with Crippen LogP contribution in [0.1, 0.15) is 28.4 Å². The summed E-state index contributed by atoms with van der Waals surface area (Å²) in [6.45, 7) is 0. The standard InChI is InChI=1S/C15H11BrO5/c16-14-11(20)5-9(18)13-10(19)6-12(21-15(13)14)7-1-3-8(17)4-2-7/h1-5,12,17-18,20H,6H2/t12-/m0/s1. The summed E-state index contributed by atoms with van der Waals surface area (Å²) >= 11 is 3.16. The van der Waals surface area contributed by atoms with Gasteiger partial charge in [0.25, 0.3) is 0 Å². The first kappa shape index (κ1) is 13.8. The minimum atomic E-state index is -0.539. The Morgan fingerprint density at radius 3 is 2.43 bits per heavy atom. The summed E-state index contributed by atoms with van der Waals surface area (Å²) < 4.78 is 5.98. The van der Waals surface area contributed by atoms with E-state index in [2.05, 4.69) is 15.9 Å². The van der Waals surface area contributed by atoms with Gasteiger partial charge in [-0.2, -0.15) is 0 Å². The van der Waals surface area contributed by atoms with Gasteiger partial charge in [-0.15, -0.1) is 0 Å². The highest BCUT2D eigenvalue weighted by atomic mass is 79.9. The number of carbonyl (C=O) groups excluding carboxylic acids is 1. The lowest BCUT2D eigenvalue weighted by Crippen LogP contribution is -2.20. The number of aromatic hydroxyl groups is 3. The van der Waals surface area contributed by atoms with E-state index in [1.54, 1.807) is 12.1 Å². The maximum atomic E-state index is 12.2. The van der Waals surface area contributed by atoms with Gasteiger partial charge < -0.3 is 20.1 Å². The first-order valence-electron chi connectivity index (χ1n) is 6.20. The van der Waals surface area contributed by atoms with Crippen LogP contribution in [0.4, 0.5) is 0 Å². The first-order valence-corrected chi connectivity index (χ1v) is 7.00. The lowest BCUT2D eigenvalue weighted by atomic mass is 9.95. The van der Waals surface area contributed by atoms with Gasteiger partial charge in [0.1, 0.15) is 33.4 Å². The van der Waals surface area contributed by atoms with E-state index in [4.69, 9.17) is 4.74 Å². The molecule has 1 atom stereocenters. The van der Waals surface area contributed by atoms with Gasteiger partial charge in [0.2, 0.25) is 0 Å². The number of phenols is 3. The van der Waals surface area contributed by atoms with Crippen LogP contribution in [0.5, 0.6) is 23.0 Å². The molecule has 2 aromatic rings. The van der Waals surface area contributed by atoms with E-state index in [1.165, 1.54) is 12.1 Å². The van der Waals surface area contributed by atoms with Gasteiger partial charge in [-0.1, -0.05) is 12.1 Å². The Kier molecular flexibility index (Phi) is 3.25. The van der Waals surface area contributed by atoms with Crippen LogP contribution in [0.15, 0.2) is 34.8 Å². The average Bonchev–Trinajstić information content (AvgIpc) is 2.44. The van der Waals surface area contributed by atoms with Crippen LogP contribution in [0.2, 0.25) is 0 Å². The number of hydrogen-bond donors (Lipinski definition) is 3. The molecule has 0 aliphatic carbocycles. The Hall–Kier alpha value is -2.21. The van der Waals surface area contributed by atoms with Crippen molar-refractivity contribution < 1.29 is 24.9 Å². The first-order chi connectivity index (χ1) is 9.97. The smallest absolute Gasteiger partial charge is 0.174 e. The highest BCUT2D eigenvalue weighted by molar-refractivity contribution is 9.10.